The minimum atomic E-state index is -0.915. The summed E-state index contributed by atoms with van der Waals surface area (Å²) in [7, 11) is 0. The average molecular weight is 267 g/mol. The van der Waals surface area contributed by atoms with Gasteiger partial charge in [-0.05, 0) is 31.5 Å². The van der Waals surface area contributed by atoms with Gasteiger partial charge in [-0.1, -0.05) is 0 Å². The number of anilines is 1. The van der Waals surface area contributed by atoms with Crippen LogP contribution in [0.4, 0.5) is 15.8 Å². The SMILES string of the molecule is O=C(Nc1ccc(F)c([N+](=O)[O-])c1)C1CCCNC1. The number of amides is 1. The summed E-state index contributed by atoms with van der Waals surface area (Å²) >= 11 is 0. The molecule has 0 spiro atoms. The maximum Gasteiger partial charge on any atom is 0.306 e. The number of rotatable bonds is 3. The number of nitrogens with one attached hydrogen (secondary N) is 2. The van der Waals surface area contributed by atoms with Crippen LogP contribution in [-0.4, -0.2) is 23.9 Å². The van der Waals surface area contributed by atoms with Gasteiger partial charge in [-0.15, -0.1) is 0 Å². The molecule has 0 saturated carbocycles. The molecule has 0 bridgehead atoms. The molecule has 1 aliphatic rings. The number of hydrogen-bond donors (Lipinski definition) is 2. The summed E-state index contributed by atoms with van der Waals surface area (Å²) in [6, 6.07) is 3.33. The molecule has 1 unspecified atom stereocenters. The van der Waals surface area contributed by atoms with E-state index in [0.29, 0.717) is 6.54 Å². The van der Waals surface area contributed by atoms with E-state index in [2.05, 4.69) is 10.6 Å². The van der Waals surface area contributed by atoms with Gasteiger partial charge in [0, 0.05) is 18.3 Å². The Morgan fingerprint density at radius 1 is 1.53 bits per heavy atom. The third-order valence-corrected chi connectivity index (χ3v) is 3.08. The highest BCUT2D eigenvalue weighted by Crippen LogP contribution is 2.22. The lowest BCUT2D eigenvalue weighted by Crippen LogP contribution is -2.37. The van der Waals surface area contributed by atoms with E-state index in [1.807, 2.05) is 0 Å². The van der Waals surface area contributed by atoms with Gasteiger partial charge in [-0.3, -0.25) is 14.9 Å². The van der Waals surface area contributed by atoms with Gasteiger partial charge in [0.1, 0.15) is 0 Å². The third-order valence-electron chi connectivity index (χ3n) is 3.08. The van der Waals surface area contributed by atoms with Crippen LogP contribution in [-0.2, 0) is 4.79 Å². The van der Waals surface area contributed by atoms with Crippen molar-refractivity contribution in [1.82, 2.24) is 5.32 Å². The fraction of sp³-hybridized carbons (Fsp3) is 0.417. The minimum Gasteiger partial charge on any atom is -0.326 e. The first-order chi connectivity index (χ1) is 9.08. The van der Waals surface area contributed by atoms with Crippen LogP contribution in [0.1, 0.15) is 12.8 Å². The highest BCUT2D eigenvalue weighted by Gasteiger charge is 2.22. The van der Waals surface area contributed by atoms with Gasteiger partial charge in [-0.25, -0.2) is 0 Å². The molecule has 0 aromatic heterocycles. The third kappa shape index (κ3) is 3.25. The zero-order valence-corrected chi connectivity index (χ0v) is 10.2. The van der Waals surface area contributed by atoms with Crippen LogP contribution in [0.5, 0.6) is 0 Å². The van der Waals surface area contributed by atoms with Crippen molar-refractivity contribution in [2.24, 2.45) is 5.92 Å². The Bertz CT molecular complexity index is 501. The van der Waals surface area contributed by atoms with Crippen molar-refractivity contribution >= 4 is 17.3 Å². The van der Waals surface area contributed by atoms with E-state index >= 15 is 0 Å². The summed E-state index contributed by atoms with van der Waals surface area (Å²) in [5.74, 6) is -1.27. The number of halogens is 1. The number of piperidine rings is 1. The Morgan fingerprint density at radius 2 is 2.32 bits per heavy atom. The Kier molecular flexibility index (Phi) is 4.06. The molecule has 1 aromatic rings. The average Bonchev–Trinajstić information content (AvgIpc) is 2.41. The van der Waals surface area contributed by atoms with E-state index in [1.165, 1.54) is 6.07 Å². The number of nitro benzene ring substituents is 1. The summed E-state index contributed by atoms with van der Waals surface area (Å²) in [5.41, 5.74) is -0.400. The van der Waals surface area contributed by atoms with Crippen molar-refractivity contribution in [1.29, 1.82) is 0 Å². The molecule has 1 heterocycles. The number of nitrogens with zero attached hydrogens (tertiary/aromatic N) is 1. The lowest BCUT2D eigenvalue weighted by molar-refractivity contribution is -0.387. The van der Waals surface area contributed by atoms with Gasteiger partial charge < -0.3 is 10.6 Å². The molecule has 1 aromatic carbocycles. The smallest absolute Gasteiger partial charge is 0.306 e. The first kappa shape index (κ1) is 13.4. The van der Waals surface area contributed by atoms with E-state index in [-0.39, 0.29) is 17.5 Å². The predicted molar refractivity (Wildman–Crippen MR) is 67.3 cm³/mol. The van der Waals surface area contributed by atoms with E-state index in [9.17, 15) is 19.3 Å². The number of carbonyl (C=O) groups excluding carboxylic acids is 1. The molecule has 1 fully saturated rings. The lowest BCUT2D eigenvalue weighted by atomic mass is 9.99. The summed E-state index contributed by atoms with van der Waals surface area (Å²) in [5, 5.41) is 16.3. The summed E-state index contributed by atoms with van der Waals surface area (Å²) in [6.45, 7) is 1.49. The maximum absolute atomic E-state index is 13.1. The molecule has 19 heavy (non-hydrogen) atoms. The molecule has 0 aliphatic carbocycles. The van der Waals surface area contributed by atoms with Crippen molar-refractivity contribution < 1.29 is 14.1 Å². The van der Waals surface area contributed by atoms with Crippen molar-refractivity contribution in [3.05, 3.63) is 34.1 Å². The molecule has 6 nitrogen and oxygen atoms in total. The van der Waals surface area contributed by atoms with Gasteiger partial charge in [-0.2, -0.15) is 4.39 Å². The van der Waals surface area contributed by atoms with Gasteiger partial charge in [0.2, 0.25) is 11.7 Å². The molecule has 2 N–H and O–H groups in total. The normalized spacial score (nSPS) is 18.9. The van der Waals surface area contributed by atoms with Crippen molar-refractivity contribution in [3.63, 3.8) is 0 Å². The van der Waals surface area contributed by atoms with Crippen molar-refractivity contribution in [3.8, 4) is 0 Å². The molecule has 1 saturated heterocycles. The van der Waals surface area contributed by atoms with E-state index in [4.69, 9.17) is 0 Å². The van der Waals surface area contributed by atoms with E-state index in [0.717, 1.165) is 31.5 Å². The molecule has 102 valence electrons. The lowest BCUT2D eigenvalue weighted by Gasteiger charge is -2.21. The van der Waals surface area contributed by atoms with Crippen LogP contribution < -0.4 is 10.6 Å². The largest absolute Gasteiger partial charge is 0.326 e. The Labute approximate surface area is 109 Å². The van der Waals surface area contributed by atoms with Crippen LogP contribution in [0.25, 0.3) is 0 Å². The zero-order chi connectivity index (χ0) is 13.8. The minimum absolute atomic E-state index is 0.155. The summed E-state index contributed by atoms with van der Waals surface area (Å²) < 4.78 is 13.1. The molecular weight excluding hydrogens is 253 g/mol. The van der Waals surface area contributed by atoms with Gasteiger partial charge >= 0.3 is 5.69 Å². The number of benzene rings is 1. The fourth-order valence-corrected chi connectivity index (χ4v) is 2.05. The fourth-order valence-electron chi connectivity index (χ4n) is 2.05. The highest BCUT2D eigenvalue weighted by molar-refractivity contribution is 5.93. The quantitative estimate of drug-likeness (QED) is 0.644. The first-order valence-corrected chi connectivity index (χ1v) is 6.03. The first-order valence-electron chi connectivity index (χ1n) is 6.03. The van der Waals surface area contributed by atoms with E-state index in [1.54, 1.807) is 0 Å². The second kappa shape index (κ2) is 5.75. The Balaban J connectivity index is 2.08. The molecule has 0 radical (unpaired) electrons. The molecule has 1 aliphatic heterocycles. The molecular formula is C12H14FN3O3. The number of nitro groups is 1. The van der Waals surface area contributed by atoms with Gasteiger partial charge in [0.15, 0.2) is 0 Å². The monoisotopic (exact) mass is 267 g/mol. The van der Waals surface area contributed by atoms with Crippen LogP contribution in [0, 0.1) is 21.8 Å². The second-order valence-corrected chi connectivity index (χ2v) is 4.46. The van der Waals surface area contributed by atoms with Gasteiger partial charge in [0.25, 0.3) is 0 Å². The van der Waals surface area contributed by atoms with Crippen LogP contribution in [0.15, 0.2) is 18.2 Å². The van der Waals surface area contributed by atoms with Crippen LogP contribution >= 0.6 is 0 Å². The molecule has 1 atom stereocenters. The standard InChI is InChI=1S/C12H14FN3O3/c13-10-4-3-9(6-11(10)16(18)19)15-12(17)8-2-1-5-14-7-8/h3-4,6,8,14H,1-2,5,7H2,(H,15,17). The van der Waals surface area contributed by atoms with Crippen LogP contribution in [0.3, 0.4) is 0 Å². The van der Waals surface area contributed by atoms with E-state index < -0.39 is 16.4 Å². The zero-order valence-electron chi connectivity index (χ0n) is 10.2. The predicted octanol–water partition coefficient (Wildman–Crippen LogP) is 1.67. The van der Waals surface area contributed by atoms with Crippen molar-refractivity contribution in [2.45, 2.75) is 12.8 Å². The summed E-state index contributed by atoms with van der Waals surface area (Å²) in [4.78, 5) is 21.7. The van der Waals surface area contributed by atoms with Crippen LogP contribution in [0.2, 0.25) is 0 Å². The summed E-state index contributed by atoms with van der Waals surface area (Å²) in [6.07, 6.45) is 1.70. The number of carbonyl (C=O) groups is 1. The maximum atomic E-state index is 13.1. The number of hydrogen-bond acceptors (Lipinski definition) is 4. The second-order valence-electron chi connectivity index (χ2n) is 4.46. The van der Waals surface area contributed by atoms with Crippen molar-refractivity contribution in [2.75, 3.05) is 18.4 Å². The highest BCUT2D eigenvalue weighted by atomic mass is 19.1. The van der Waals surface area contributed by atoms with Gasteiger partial charge in [0.05, 0.1) is 10.8 Å². The molecule has 1 amide bonds. The molecule has 2 rings (SSSR count). The Morgan fingerprint density at radius 3 is 2.95 bits per heavy atom. The molecule has 7 heteroatoms. The Hall–Kier alpha value is -2.02. The topological polar surface area (TPSA) is 84.3 Å².